The largest absolute Gasteiger partial charge is 0.375 e. The SMILES string of the molecule is CCc1nn(C)cc1CNc1ccc(C(=O)c2ccccc2)cc1[N+](=O)[O-]. The van der Waals surface area contributed by atoms with Crippen molar-refractivity contribution in [3.63, 3.8) is 0 Å². The fourth-order valence-corrected chi connectivity index (χ4v) is 2.95. The van der Waals surface area contributed by atoms with Gasteiger partial charge in [0.05, 0.1) is 10.6 Å². The second kappa shape index (κ2) is 7.82. The van der Waals surface area contributed by atoms with Crippen LogP contribution in [0.5, 0.6) is 0 Å². The van der Waals surface area contributed by atoms with Gasteiger partial charge >= 0.3 is 0 Å². The molecule has 0 radical (unpaired) electrons. The summed E-state index contributed by atoms with van der Waals surface area (Å²) in [5.74, 6) is -0.245. The third kappa shape index (κ3) is 4.03. The first kappa shape index (κ1) is 18.3. The second-order valence-corrected chi connectivity index (χ2v) is 6.17. The van der Waals surface area contributed by atoms with Gasteiger partial charge in [0.2, 0.25) is 0 Å². The summed E-state index contributed by atoms with van der Waals surface area (Å²) in [7, 11) is 1.84. The Morgan fingerprint density at radius 1 is 1.19 bits per heavy atom. The van der Waals surface area contributed by atoms with Crippen LogP contribution in [0.3, 0.4) is 0 Å². The number of hydrogen-bond donors (Lipinski definition) is 1. The van der Waals surface area contributed by atoms with Crippen molar-refractivity contribution >= 4 is 17.2 Å². The standard InChI is InChI=1S/C20H20N4O3/c1-3-17-16(13-23(2)22-17)12-21-18-10-9-15(11-19(18)24(26)27)20(25)14-7-5-4-6-8-14/h4-11,13,21H,3,12H2,1-2H3. The van der Waals surface area contributed by atoms with E-state index in [1.54, 1.807) is 41.1 Å². The molecule has 0 saturated carbocycles. The van der Waals surface area contributed by atoms with E-state index in [1.807, 2.05) is 26.2 Å². The monoisotopic (exact) mass is 364 g/mol. The zero-order valence-corrected chi connectivity index (χ0v) is 15.2. The average Bonchev–Trinajstić information content (AvgIpc) is 3.06. The molecule has 3 rings (SSSR count). The number of aromatic nitrogens is 2. The van der Waals surface area contributed by atoms with Crippen molar-refractivity contribution in [1.82, 2.24) is 9.78 Å². The van der Waals surface area contributed by atoms with Crippen LogP contribution in [-0.4, -0.2) is 20.5 Å². The van der Waals surface area contributed by atoms with E-state index in [0.717, 1.165) is 17.7 Å². The van der Waals surface area contributed by atoms with Crippen molar-refractivity contribution in [2.45, 2.75) is 19.9 Å². The summed E-state index contributed by atoms with van der Waals surface area (Å²) in [6.07, 6.45) is 2.68. The van der Waals surface area contributed by atoms with E-state index in [9.17, 15) is 14.9 Å². The fraction of sp³-hybridized carbons (Fsp3) is 0.200. The van der Waals surface area contributed by atoms with Crippen molar-refractivity contribution in [2.75, 3.05) is 5.32 Å². The summed E-state index contributed by atoms with van der Waals surface area (Å²) < 4.78 is 1.73. The first-order valence-corrected chi connectivity index (χ1v) is 8.63. The van der Waals surface area contributed by atoms with Crippen molar-refractivity contribution in [3.8, 4) is 0 Å². The van der Waals surface area contributed by atoms with E-state index in [1.165, 1.54) is 6.07 Å². The Balaban J connectivity index is 1.86. The van der Waals surface area contributed by atoms with Crippen molar-refractivity contribution in [2.24, 2.45) is 7.05 Å². The number of anilines is 1. The number of ketones is 1. The molecule has 138 valence electrons. The predicted octanol–water partition coefficient (Wildman–Crippen LogP) is 3.73. The summed E-state index contributed by atoms with van der Waals surface area (Å²) in [5.41, 5.74) is 2.96. The molecule has 0 aliphatic heterocycles. The number of nitro benzene ring substituents is 1. The summed E-state index contributed by atoms with van der Waals surface area (Å²) >= 11 is 0. The van der Waals surface area contributed by atoms with E-state index in [0.29, 0.717) is 17.8 Å². The number of rotatable bonds is 7. The van der Waals surface area contributed by atoms with Crippen LogP contribution in [0, 0.1) is 10.1 Å². The van der Waals surface area contributed by atoms with Crippen LogP contribution >= 0.6 is 0 Å². The maximum Gasteiger partial charge on any atom is 0.293 e. The van der Waals surface area contributed by atoms with Gasteiger partial charge in [-0.15, -0.1) is 0 Å². The molecule has 0 atom stereocenters. The van der Waals surface area contributed by atoms with Crippen LogP contribution < -0.4 is 5.32 Å². The van der Waals surface area contributed by atoms with Gasteiger partial charge < -0.3 is 5.32 Å². The Labute approximate surface area is 156 Å². The van der Waals surface area contributed by atoms with Gasteiger partial charge in [0, 0.05) is 42.5 Å². The zero-order chi connectivity index (χ0) is 19.4. The van der Waals surface area contributed by atoms with Crippen molar-refractivity contribution in [1.29, 1.82) is 0 Å². The molecule has 0 bridgehead atoms. The van der Waals surface area contributed by atoms with Crippen LogP contribution in [0.15, 0.2) is 54.7 Å². The molecule has 0 fully saturated rings. The highest BCUT2D eigenvalue weighted by molar-refractivity contribution is 6.09. The summed E-state index contributed by atoms with van der Waals surface area (Å²) in [5, 5.41) is 19.0. The van der Waals surface area contributed by atoms with Crippen LogP contribution in [0.25, 0.3) is 0 Å². The number of aryl methyl sites for hydroxylation is 2. The lowest BCUT2D eigenvalue weighted by Crippen LogP contribution is -2.06. The highest BCUT2D eigenvalue weighted by Gasteiger charge is 2.19. The molecular formula is C20H20N4O3. The number of nitrogens with zero attached hydrogens (tertiary/aromatic N) is 3. The Kier molecular flexibility index (Phi) is 5.30. The molecular weight excluding hydrogens is 344 g/mol. The zero-order valence-electron chi connectivity index (χ0n) is 15.2. The van der Waals surface area contributed by atoms with E-state index in [2.05, 4.69) is 10.4 Å². The molecule has 0 saturated heterocycles. The third-order valence-corrected chi connectivity index (χ3v) is 4.29. The number of nitro groups is 1. The highest BCUT2D eigenvalue weighted by atomic mass is 16.6. The molecule has 0 aliphatic rings. The number of nitrogens with one attached hydrogen (secondary N) is 1. The Hall–Kier alpha value is -3.48. The minimum Gasteiger partial charge on any atom is -0.375 e. The number of hydrogen-bond acceptors (Lipinski definition) is 5. The lowest BCUT2D eigenvalue weighted by Gasteiger charge is -2.09. The Morgan fingerprint density at radius 3 is 2.59 bits per heavy atom. The minimum absolute atomic E-state index is 0.126. The quantitative estimate of drug-likeness (QED) is 0.392. The number of carbonyl (C=O) groups excluding carboxylic acids is 1. The van der Waals surface area contributed by atoms with Crippen molar-refractivity contribution in [3.05, 3.63) is 87.2 Å². The summed E-state index contributed by atoms with van der Waals surface area (Å²) in [6, 6.07) is 13.2. The van der Waals surface area contributed by atoms with Gasteiger partial charge in [0.15, 0.2) is 5.78 Å². The third-order valence-electron chi connectivity index (χ3n) is 4.29. The van der Waals surface area contributed by atoms with Crippen molar-refractivity contribution < 1.29 is 9.72 Å². The molecule has 0 amide bonds. The molecule has 0 spiro atoms. The maximum atomic E-state index is 12.5. The van der Waals surface area contributed by atoms with Gasteiger partial charge in [0.25, 0.3) is 5.69 Å². The molecule has 7 nitrogen and oxygen atoms in total. The van der Waals surface area contributed by atoms with E-state index < -0.39 is 4.92 Å². The summed E-state index contributed by atoms with van der Waals surface area (Å²) in [6.45, 7) is 2.43. The molecule has 1 heterocycles. The minimum atomic E-state index is -0.478. The number of benzene rings is 2. The molecule has 0 aliphatic carbocycles. The van der Waals surface area contributed by atoms with Crippen LogP contribution in [-0.2, 0) is 20.0 Å². The van der Waals surface area contributed by atoms with Gasteiger partial charge in [-0.05, 0) is 18.6 Å². The number of carbonyl (C=O) groups is 1. The van der Waals surface area contributed by atoms with E-state index >= 15 is 0 Å². The predicted molar refractivity (Wildman–Crippen MR) is 103 cm³/mol. The lowest BCUT2D eigenvalue weighted by molar-refractivity contribution is -0.384. The normalized spacial score (nSPS) is 10.6. The topological polar surface area (TPSA) is 90.1 Å². The molecule has 0 unspecified atom stereocenters. The van der Waals surface area contributed by atoms with Crippen LogP contribution in [0.4, 0.5) is 11.4 Å². The Bertz CT molecular complexity index is 980. The van der Waals surface area contributed by atoms with Crippen LogP contribution in [0.2, 0.25) is 0 Å². The molecule has 1 N–H and O–H groups in total. The Morgan fingerprint density at radius 2 is 1.93 bits per heavy atom. The smallest absolute Gasteiger partial charge is 0.293 e. The first-order valence-electron chi connectivity index (χ1n) is 8.63. The lowest BCUT2D eigenvalue weighted by atomic mass is 10.0. The van der Waals surface area contributed by atoms with E-state index in [4.69, 9.17) is 0 Å². The molecule has 27 heavy (non-hydrogen) atoms. The highest BCUT2D eigenvalue weighted by Crippen LogP contribution is 2.27. The first-order chi connectivity index (χ1) is 13.0. The van der Waals surface area contributed by atoms with Gasteiger partial charge in [-0.2, -0.15) is 5.10 Å². The van der Waals surface area contributed by atoms with Gasteiger partial charge in [0.1, 0.15) is 5.69 Å². The maximum absolute atomic E-state index is 12.5. The van der Waals surface area contributed by atoms with Gasteiger partial charge in [-0.1, -0.05) is 37.3 Å². The second-order valence-electron chi connectivity index (χ2n) is 6.17. The molecule has 1 aromatic heterocycles. The average molecular weight is 364 g/mol. The summed E-state index contributed by atoms with van der Waals surface area (Å²) in [4.78, 5) is 23.6. The fourth-order valence-electron chi connectivity index (χ4n) is 2.95. The molecule has 3 aromatic rings. The van der Waals surface area contributed by atoms with Gasteiger partial charge in [-0.3, -0.25) is 19.6 Å². The van der Waals surface area contributed by atoms with Gasteiger partial charge in [-0.25, -0.2) is 0 Å². The van der Waals surface area contributed by atoms with E-state index in [-0.39, 0.29) is 17.0 Å². The molecule has 2 aromatic carbocycles. The molecule has 7 heteroatoms. The van der Waals surface area contributed by atoms with Crippen LogP contribution in [0.1, 0.15) is 34.1 Å².